The van der Waals surface area contributed by atoms with Crippen LogP contribution in [0, 0.1) is 0 Å². The molecule has 0 aliphatic carbocycles. The molecule has 0 spiro atoms. The largest absolute Gasteiger partial charge is 0.488 e. The molecule has 1 aromatic rings. The smallest absolute Gasteiger partial charge is 0.409 e. The maximum absolute atomic E-state index is 13.4. The van der Waals surface area contributed by atoms with E-state index in [2.05, 4.69) is 16.0 Å². The lowest BCUT2D eigenvalue weighted by Gasteiger charge is -2.39. The van der Waals surface area contributed by atoms with Crippen molar-refractivity contribution in [2.45, 2.75) is 44.2 Å². The molecule has 1 aromatic carbocycles. The Kier molecular flexibility index (Phi) is 7.63. The number of hydrogen-bond acceptors (Lipinski definition) is 6. The number of rotatable bonds is 5. The Morgan fingerprint density at radius 3 is 2.68 bits per heavy atom. The van der Waals surface area contributed by atoms with E-state index >= 15 is 0 Å². The summed E-state index contributed by atoms with van der Waals surface area (Å²) in [5, 5.41) is 9.96. The maximum Gasteiger partial charge on any atom is 0.409 e. The van der Waals surface area contributed by atoms with E-state index in [4.69, 9.17) is 21.1 Å². The second kappa shape index (κ2) is 10.7. The lowest BCUT2D eigenvalue weighted by Crippen LogP contribution is -2.64. The van der Waals surface area contributed by atoms with Crippen molar-refractivity contribution in [3.63, 3.8) is 0 Å². The highest BCUT2D eigenvalue weighted by Crippen LogP contribution is 2.30. The number of hydrogen-bond donors (Lipinski definition) is 3. The van der Waals surface area contributed by atoms with Gasteiger partial charge in [-0.1, -0.05) is 11.6 Å². The fourth-order valence-corrected chi connectivity index (χ4v) is 4.76. The summed E-state index contributed by atoms with van der Waals surface area (Å²) < 4.78 is 10.8. The fraction of sp³-hybridized carbons (Fsp3) is 0.542. The zero-order valence-electron chi connectivity index (χ0n) is 19.3. The third-order valence-electron chi connectivity index (χ3n) is 6.58. The van der Waals surface area contributed by atoms with Crippen LogP contribution in [0.25, 0.3) is 6.08 Å². The predicted octanol–water partition coefficient (Wildman–Crippen LogP) is 2.09. The number of carbonyl (C=O) groups is 3. The molecule has 0 bridgehead atoms. The molecule has 3 amide bonds. The van der Waals surface area contributed by atoms with E-state index in [1.807, 2.05) is 0 Å². The van der Waals surface area contributed by atoms with Crippen LogP contribution in [0.2, 0.25) is 5.02 Å². The summed E-state index contributed by atoms with van der Waals surface area (Å²) in [4.78, 5) is 40.2. The van der Waals surface area contributed by atoms with Crippen LogP contribution in [0.3, 0.4) is 0 Å². The molecule has 0 atom stereocenters. The van der Waals surface area contributed by atoms with E-state index in [-0.39, 0.29) is 30.6 Å². The Hall–Kier alpha value is -2.78. The first-order valence-corrected chi connectivity index (χ1v) is 12.2. The van der Waals surface area contributed by atoms with Crippen LogP contribution < -0.4 is 20.7 Å². The topological polar surface area (TPSA) is 109 Å². The first-order chi connectivity index (χ1) is 16.4. The Morgan fingerprint density at radius 1 is 1.24 bits per heavy atom. The van der Waals surface area contributed by atoms with Crippen LogP contribution in [0.15, 0.2) is 23.8 Å². The van der Waals surface area contributed by atoms with E-state index in [1.54, 1.807) is 36.1 Å². The molecule has 3 N–H and O–H groups in total. The number of amides is 3. The molecule has 184 valence electrons. The highest BCUT2D eigenvalue weighted by molar-refractivity contribution is 6.30. The molecule has 0 unspecified atom stereocenters. The zero-order valence-corrected chi connectivity index (χ0v) is 20.1. The average Bonchev–Trinajstić information content (AvgIpc) is 2.84. The number of benzene rings is 1. The number of ether oxygens (including phenoxy) is 2. The normalized spacial score (nSPS) is 19.8. The Bertz CT molecular complexity index is 968. The summed E-state index contributed by atoms with van der Waals surface area (Å²) in [7, 11) is 0. The van der Waals surface area contributed by atoms with Crippen molar-refractivity contribution in [3.05, 3.63) is 34.4 Å². The molecular weight excluding hydrogens is 460 g/mol. The average molecular weight is 491 g/mol. The van der Waals surface area contributed by atoms with Gasteiger partial charge in [-0.15, -0.1) is 0 Å². The van der Waals surface area contributed by atoms with Gasteiger partial charge in [-0.3, -0.25) is 9.59 Å². The van der Waals surface area contributed by atoms with Crippen LogP contribution >= 0.6 is 11.6 Å². The molecule has 2 saturated heterocycles. The summed E-state index contributed by atoms with van der Waals surface area (Å²) in [5.74, 6) is 0.168. The lowest BCUT2D eigenvalue weighted by molar-refractivity contribution is -0.134. The van der Waals surface area contributed by atoms with Gasteiger partial charge in [-0.2, -0.15) is 0 Å². The number of piperidine rings is 2. The third kappa shape index (κ3) is 5.47. The standard InChI is InChI=1S/C24H31ClN4O5/c1-2-33-23(32)29-11-5-19(6-12-29)27-22(31)24(7-9-26-10-8-24)28-21(30)17-13-16-14-18(25)3-4-20(16)34-15-17/h3-4,13-14,19,26H,2,5-12,15H2,1H3,(H,27,31)(H,28,30). The number of halogens is 1. The van der Waals surface area contributed by atoms with Gasteiger partial charge in [0.15, 0.2) is 0 Å². The summed E-state index contributed by atoms with van der Waals surface area (Å²) in [6.07, 6.45) is 3.70. The van der Waals surface area contributed by atoms with E-state index < -0.39 is 5.54 Å². The fourth-order valence-electron chi connectivity index (χ4n) is 4.58. The van der Waals surface area contributed by atoms with Crippen molar-refractivity contribution in [1.29, 1.82) is 0 Å². The van der Waals surface area contributed by atoms with Crippen LogP contribution in [-0.2, 0) is 14.3 Å². The van der Waals surface area contributed by atoms with Crippen molar-refractivity contribution < 1.29 is 23.9 Å². The highest BCUT2D eigenvalue weighted by atomic mass is 35.5. The lowest BCUT2D eigenvalue weighted by atomic mass is 9.86. The van der Waals surface area contributed by atoms with E-state index in [1.165, 1.54) is 0 Å². The quantitative estimate of drug-likeness (QED) is 0.583. The molecule has 3 heterocycles. The zero-order chi connectivity index (χ0) is 24.1. The van der Waals surface area contributed by atoms with Crippen LogP contribution in [0.5, 0.6) is 5.75 Å². The maximum atomic E-state index is 13.4. The SMILES string of the molecule is CCOC(=O)N1CCC(NC(=O)C2(NC(=O)C3=Cc4cc(Cl)ccc4OC3)CCNCC2)CC1. The van der Waals surface area contributed by atoms with Gasteiger partial charge in [-0.25, -0.2) is 4.79 Å². The van der Waals surface area contributed by atoms with Gasteiger partial charge < -0.3 is 30.3 Å². The molecule has 4 rings (SSSR count). The minimum Gasteiger partial charge on any atom is -0.488 e. The van der Waals surface area contributed by atoms with Gasteiger partial charge >= 0.3 is 6.09 Å². The van der Waals surface area contributed by atoms with Crippen LogP contribution in [0.4, 0.5) is 4.79 Å². The highest BCUT2D eigenvalue weighted by Gasteiger charge is 2.42. The van der Waals surface area contributed by atoms with Gasteiger partial charge in [0.05, 0.1) is 12.2 Å². The Balaban J connectivity index is 1.41. The van der Waals surface area contributed by atoms with Gasteiger partial charge in [-0.05, 0) is 70.0 Å². The van der Waals surface area contributed by atoms with Crippen molar-refractivity contribution in [2.24, 2.45) is 0 Å². The second-order valence-corrected chi connectivity index (χ2v) is 9.30. The number of fused-ring (bicyclic) bond motifs is 1. The second-order valence-electron chi connectivity index (χ2n) is 8.86. The predicted molar refractivity (Wildman–Crippen MR) is 128 cm³/mol. The number of nitrogens with zero attached hydrogens (tertiary/aromatic N) is 1. The summed E-state index contributed by atoms with van der Waals surface area (Å²) >= 11 is 6.08. The molecule has 3 aliphatic heterocycles. The molecule has 0 saturated carbocycles. The molecule has 2 fully saturated rings. The van der Waals surface area contributed by atoms with Crippen LogP contribution in [0.1, 0.15) is 38.2 Å². The number of likely N-dealkylation sites (tertiary alicyclic amines) is 1. The van der Waals surface area contributed by atoms with Crippen molar-refractivity contribution >= 4 is 35.6 Å². The van der Waals surface area contributed by atoms with E-state index in [0.29, 0.717) is 74.8 Å². The third-order valence-corrected chi connectivity index (χ3v) is 6.81. The van der Waals surface area contributed by atoms with Gasteiger partial charge in [0.25, 0.3) is 5.91 Å². The molecule has 10 heteroatoms. The first-order valence-electron chi connectivity index (χ1n) is 11.8. The van der Waals surface area contributed by atoms with Crippen LogP contribution in [-0.4, -0.2) is 73.8 Å². The van der Waals surface area contributed by atoms with E-state index in [0.717, 1.165) is 5.56 Å². The summed E-state index contributed by atoms with van der Waals surface area (Å²) in [5.41, 5.74) is 0.181. The number of carbonyl (C=O) groups excluding carboxylic acids is 3. The molecule has 0 radical (unpaired) electrons. The molecule has 34 heavy (non-hydrogen) atoms. The first kappa shape index (κ1) is 24.3. The van der Waals surface area contributed by atoms with Gasteiger partial charge in [0.2, 0.25) is 5.91 Å². The monoisotopic (exact) mass is 490 g/mol. The molecule has 9 nitrogen and oxygen atoms in total. The van der Waals surface area contributed by atoms with Gasteiger partial charge in [0, 0.05) is 29.7 Å². The number of nitrogens with one attached hydrogen (secondary N) is 3. The Morgan fingerprint density at radius 2 is 1.97 bits per heavy atom. The van der Waals surface area contributed by atoms with E-state index in [9.17, 15) is 14.4 Å². The summed E-state index contributed by atoms with van der Waals surface area (Å²) in [6, 6.07) is 5.20. The van der Waals surface area contributed by atoms with Crippen molar-refractivity contribution in [3.8, 4) is 5.75 Å². The molecule has 0 aromatic heterocycles. The molecule has 3 aliphatic rings. The minimum absolute atomic E-state index is 0.0620. The van der Waals surface area contributed by atoms with Gasteiger partial charge in [0.1, 0.15) is 17.9 Å². The van der Waals surface area contributed by atoms with Crippen molar-refractivity contribution in [2.75, 3.05) is 39.4 Å². The van der Waals surface area contributed by atoms with Crippen molar-refractivity contribution in [1.82, 2.24) is 20.9 Å². The summed E-state index contributed by atoms with van der Waals surface area (Å²) in [6.45, 7) is 4.55. The minimum atomic E-state index is -1.00. The molecular formula is C24H31ClN4O5. The Labute approximate surface area is 204 Å².